The predicted molar refractivity (Wildman–Crippen MR) is 71.1 cm³/mol. The number of rotatable bonds is 3. The van der Waals surface area contributed by atoms with Crippen LogP contribution in [0.2, 0.25) is 0 Å². The molecule has 0 aromatic heterocycles. The molecule has 2 fully saturated rings. The summed E-state index contributed by atoms with van der Waals surface area (Å²) in [5.41, 5.74) is 0. The maximum atomic E-state index is 6.39. The summed E-state index contributed by atoms with van der Waals surface area (Å²) in [6.07, 6.45) is 13.8. The third-order valence-electron chi connectivity index (χ3n) is 4.34. The molecule has 1 nitrogen and oxygen atoms in total. The van der Waals surface area contributed by atoms with Gasteiger partial charge in [0.15, 0.2) is 0 Å². The molecular formula is C14H26ClN. The van der Waals surface area contributed by atoms with Gasteiger partial charge >= 0.3 is 0 Å². The molecule has 0 aromatic rings. The molecule has 2 heteroatoms. The van der Waals surface area contributed by atoms with Gasteiger partial charge in [0.25, 0.3) is 0 Å². The third kappa shape index (κ3) is 3.92. The van der Waals surface area contributed by atoms with Gasteiger partial charge in [0.2, 0.25) is 0 Å². The minimum Gasteiger partial charge on any atom is -0.314 e. The topological polar surface area (TPSA) is 12.0 Å². The molecule has 2 aliphatic carbocycles. The Morgan fingerprint density at radius 2 is 1.44 bits per heavy atom. The molecule has 0 bridgehead atoms. The summed E-state index contributed by atoms with van der Waals surface area (Å²) >= 11 is 6.39. The molecule has 94 valence electrons. The largest absolute Gasteiger partial charge is 0.314 e. The minimum absolute atomic E-state index is 0.437. The van der Waals surface area contributed by atoms with E-state index >= 15 is 0 Å². The lowest BCUT2D eigenvalue weighted by molar-refractivity contribution is 0.324. The first-order chi connectivity index (χ1) is 7.86. The molecule has 0 aromatic carbocycles. The van der Waals surface area contributed by atoms with Crippen molar-refractivity contribution >= 4 is 11.6 Å². The molecule has 2 saturated carbocycles. The van der Waals surface area contributed by atoms with Crippen molar-refractivity contribution in [2.24, 2.45) is 5.92 Å². The second-order valence-corrected chi connectivity index (χ2v) is 6.22. The maximum Gasteiger partial charge on any atom is 0.0376 e. The summed E-state index contributed by atoms with van der Waals surface area (Å²) in [5.74, 6) is 0.735. The lowest BCUT2D eigenvalue weighted by atomic mass is 9.88. The zero-order valence-electron chi connectivity index (χ0n) is 10.4. The van der Waals surface area contributed by atoms with E-state index in [0.29, 0.717) is 5.38 Å². The van der Waals surface area contributed by atoms with Crippen LogP contribution in [0.1, 0.15) is 64.2 Å². The molecule has 0 saturated heterocycles. The van der Waals surface area contributed by atoms with E-state index in [1.165, 1.54) is 70.8 Å². The zero-order valence-corrected chi connectivity index (χ0v) is 11.1. The van der Waals surface area contributed by atoms with Crippen LogP contribution in [0, 0.1) is 5.92 Å². The van der Waals surface area contributed by atoms with E-state index in [4.69, 9.17) is 11.6 Å². The summed E-state index contributed by atoms with van der Waals surface area (Å²) in [6, 6.07) is 0.785. The first-order valence-electron chi connectivity index (χ1n) is 7.24. The lowest BCUT2D eigenvalue weighted by Gasteiger charge is -2.29. The molecule has 0 spiro atoms. The SMILES string of the molecule is ClC1CCCCC1CNC1CCCCCC1. The van der Waals surface area contributed by atoms with Crippen molar-refractivity contribution in [2.75, 3.05) is 6.54 Å². The number of alkyl halides is 1. The van der Waals surface area contributed by atoms with Crippen LogP contribution < -0.4 is 5.32 Å². The normalized spacial score (nSPS) is 33.6. The van der Waals surface area contributed by atoms with Crippen molar-refractivity contribution in [3.63, 3.8) is 0 Å². The van der Waals surface area contributed by atoms with Crippen LogP contribution in [0.25, 0.3) is 0 Å². The average molecular weight is 244 g/mol. The van der Waals surface area contributed by atoms with Crippen LogP contribution in [0.3, 0.4) is 0 Å². The van der Waals surface area contributed by atoms with Crippen molar-refractivity contribution in [3.05, 3.63) is 0 Å². The van der Waals surface area contributed by atoms with Crippen molar-refractivity contribution in [3.8, 4) is 0 Å². The predicted octanol–water partition coefficient (Wildman–Crippen LogP) is 4.10. The molecule has 2 atom stereocenters. The van der Waals surface area contributed by atoms with E-state index in [2.05, 4.69) is 5.32 Å². The molecule has 0 radical (unpaired) electrons. The van der Waals surface area contributed by atoms with Crippen molar-refractivity contribution in [2.45, 2.75) is 75.6 Å². The van der Waals surface area contributed by atoms with Gasteiger partial charge in [0, 0.05) is 11.4 Å². The van der Waals surface area contributed by atoms with Crippen LogP contribution >= 0.6 is 11.6 Å². The number of nitrogens with one attached hydrogen (secondary N) is 1. The smallest absolute Gasteiger partial charge is 0.0376 e. The van der Waals surface area contributed by atoms with E-state index in [9.17, 15) is 0 Å². The highest BCUT2D eigenvalue weighted by Crippen LogP contribution is 2.28. The Kier molecular flexibility index (Phi) is 5.44. The van der Waals surface area contributed by atoms with Gasteiger partial charge in [-0.15, -0.1) is 11.6 Å². The molecule has 2 rings (SSSR count). The first kappa shape index (κ1) is 12.7. The highest BCUT2D eigenvalue weighted by Gasteiger charge is 2.23. The Bertz CT molecular complexity index is 187. The van der Waals surface area contributed by atoms with Crippen LogP contribution in [0.5, 0.6) is 0 Å². The molecule has 0 aliphatic heterocycles. The highest BCUT2D eigenvalue weighted by molar-refractivity contribution is 6.20. The minimum atomic E-state index is 0.437. The second-order valence-electron chi connectivity index (χ2n) is 5.66. The second kappa shape index (κ2) is 6.86. The molecule has 16 heavy (non-hydrogen) atoms. The van der Waals surface area contributed by atoms with E-state index in [-0.39, 0.29) is 0 Å². The van der Waals surface area contributed by atoms with Gasteiger partial charge in [-0.25, -0.2) is 0 Å². The molecule has 2 aliphatic rings. The van der Waals surface area contributed by atoms with Gasteiger partial charge in [0.1, 0.15) is 0 Å². The summed E-state index contributed by atoms with van der Waals surface area (Å²) in [7, 11) is 0. The maximum absolute atomic E-state index is 6.39. The van der Waals surface area contributed by atoms with Gasteiger partial charge < -0.3 is 5.32 Å². The highest BCUT2D eigenvalue weighted by atomic mass is 35.5. The van der Waals surface area contributed by atoms with Crippen LogP contribution in [0.15, 0.2) is 0 Å². The van der Waals surface area contributed by atoms with Crippen LogP contribution in [0.4, 0.5) is 0 Å². The summed E-state index contributed by atoms with van der Waals surface area (Å²) < 4.78 is 0. The summed E-state index contributed by atoms with van der Waals surface area (Å²) in [4.78, 5) is 0. The van der Waals surface area contributed by atoms with Crippen LogP contribution in [-0.4, -0.2) is 18.0 Å². The van der Waals surface area contributed by atoms with E-state index in [0.717, 1.165) is 12.0 Å². The fraction of sp³-hybridized carbons (Fsp3) is 1.00. The van der Waals surface area contributed by atoms with Gasteiger partial charge in [-0.3, -0.25) is 0 Å². The lowest BCUT2D eigenvalue weighted by Crippen LogP contribution is -2.37. The van der Waals surface area contributed by atoms with Gasteiger partial charge in [0.05, 0.1) is 0 Å². The zero-order chi connectivity index (χ0) is 11.2. The standard InChI is InChI=1S/C14H26ClN/c15-14-10-6-5-7-12(14)11-16-13-8-3-1-2-4-9-13/h12-14,16H,1-11H2. The van der Waals surface area contributed by atoms with Crippen molar-refractivity contribution in [1.82, 2.24) is 5.32 Å². The Balaban J connectivity index is 1.68. The Labute approximate surface area is 105 Å². The van der Waals surface area contributed by atoms with Crippen molar-refractivity contribution in [1.29, 1.82) is 0 Å². The van der Waals surface area contributed by atoms with Crippen LogP contribution in [-0.2, 0) is 0 Å². The number of hydrogen-bond donors (Lipinski definition) is 1. The quantitative estimate of drug-likeness (QED) is 0.582. The number of halogens is 1. The van der Waals surface area contributed by atoms with Gasteiger partial charge in [-0.05, 0) is 38.1 Å². The Hall–Kier alpha value is 0.250. The summed E-state index contributed by atoms with van der Waals surface area (Å²) in [6.45, 7) is 1.17. The fourth-order valence-electron chi connectivity index (χ4n) is 3.19. The van der Waals surface area contributed by atoms with Crippen molar-refractivity contribution < 1.29 is 0 Å². The Morgan fingerprint density at radius 3 is 2.12 bits per heavy atom. The monoisotopic (exact) mass is 243 g/mol. The third-order valence-corrected chi connectivity index (χ3v) is 4.91. The van der Waals surface area contributed by atoms with E-state index in [1.54, 1.807) is 0 Å². The molecule has 1 N–H and O–H groups in total. The van der Waals surface area contributed by atoms with E-state index in [1.807, 2.05) is 0 Å². The fourth-order valence-corrected chi connectivity index (χ4v) is 3.56. The summed E-state index contributed by atoms with van der Waals surface area (Å²) in [5, 5.41) is 4.21. The molecule has 0 heterocycles. The molecular weight excluding hydrogens is 218 g/mol. The van der Waals surface area contributed by atoms with Gasteiger partial charge in [-0.1, -0.05) is 38.5 Å². The molecule has 0 amide bonds. The van der Waals surface area contributed by atoms with Gasteiger partial charge in [-0.2, -0.15) is 0 Å². The first-order valence-corrected chi connectivity index (χ1v) is 7.67. The number of hydrogen-bond acceptors (Lipinski definition) is 1. The average Bonchev–Trinajstić information content (AvgIpc) is 2.56. The Morgan fingerprint density at radius 1 is 0.812 bits per heavy atom. The van der Waals surface area contributed by atoms with E-state index < -0.39 is 0 Å². The molecule has 2 unspecified atom stereocenters.